The third kappa shape index (κ3) is 3.86. The molecule has 3 amide bonds. The lowest BCUT2D eigenvalue weighted by atomic mass is 9.49. The molecule has 0 aromatic carbocycles. The molecule has 2 N–H and O–H groups in total. The second-order valence-electron chi connectivity index (χ2n) is 8.35. The summed E-state index contributed by atoms with van der Waals surface area (Å²) >= 11 is 0. The van der Waals surface area contributed by atoms with Crippen LogP contribution in [0.25, 0.3) is 0 Å². The predicted octanol–water partition coefficient (Wildman–Crippen LogP) is 2.76. The minimum Gasteiger partial charge on any atom is -0.354 e. The highest BCUT2D eigenvalue weighted by Crippen LogP contribution is 2.61. The Hall–Kier alpha value is -1.26. The van der Waals surface area contributed by atoms with Gasteiger partial charge >= 0.3 is 6.03 Å². The number of nitrogens with zero attached hydrogens (tertiary/aromatic N) is 1. The molecule has 0 aromatic heterocycles. The molecular weight excluding hydrogens is 302 g/mol. The summed E-state index contributed by atoms with van der Waals surface area (Å²) in [4.78, 5) is 26.0. The van der Waals surface area contributed by atoms with E-state index in [9.17, 15) is 9.59 Å². The maximum absolute atomic E-state index is 12.4. The van der Waals surface area contributed by atoms with Gasteiger partial charge < -0.3 is 15.5 Å². The molecule has 4 bridgehead atoms. The summed E-state index contributed by atoms with van der Waals surface area (Å²) in [6.07, 6.45) is 8.75. The van der Waals surface area contributed by atoms with Crippen molar-refractivity contribution >= 4 is 11.9 Å². The molecule has 0 aliphatic heterocycles. The summed E-state index contributed by atoms with van der Waals surface area (Å²) in [6.45, 7) is 6.38. The van der Waals surface area contributed by atoms with Crippen LogP contribution in [0.2, 0.25) is 0 Å². The zero-order valence-corrected chi connectivity index (χ0v) is 15.3. The lowest BCUT2D eigenvalue weighted by Gasteiger charge is -2.56. The second-order valence-corrected chi connectivity index (χ2v) is 8.35. The van der Waals surface area contributed by atoms with Gasteiger partial charge in [0, 0.05) is 32.6 Å². The highest BCUT2D eigenvalue weighted by molar-refractivity contribution is 5.77. The molecule has 0 saturated heterocycles. The average Bonchev–Trinajstić information content (AvgIpc) is 2.51. The molecule has 4 fully saturated rings. The van der Waals surface area contributed by atoms with E-state index in [1.807, 2.05) is 13.8 Å². The van der Waals surface area contributed by atoms with Crippen LogP contribution in [0.3, 0.4) is 0 Å². The van der Waals surface area contributed by atoms with Gasteiger partial charge in [0.15, 0.2) is 0 Å². The van der Waals surface area contributed by atoms with Crippen molar-refractivity contribution in [3.63, 3.8) is 0 Å². The van der Waals surface area contributed by atoms with Crippen LogP contribution < -0.4 is 10.6 Å². The number of rotatable bonds is 7. The van der Waals surface area contributed by atoms with E-state index in [0.29, 0.717) is 38.0 Å². The van der Waals surface area contributed by atoms with Crippen LogP contribution in [0.5, 0.6) is 0 Å². The van der Waals surface area contributed by atoms with Gasteiger partial charge in [0.25, 0.3) is 0 Å². The van der Waals surface area contributed by atoms with Gasteiger partial charge in [-0.1, -0.05) is 0 Å². The SMILES string of the molecule is CCN(CC)C(=O)NCCNC(=O)CC12CC3CC(CC(C3)C1)C2. The Morgan fingerprint density at radius 1 is 0.917 bits per heavy atom. The summed E-state index contributed by atoms with van der Waals surface area (Å²) in [5.74, 6) is 2.83. The number of carbonyl (C=O) groups excluding carboxylic acids is 2. The molecule has 5 heteroatoms. The first kappa shape index (κ1) is 17.6. The largest absolute Gasteiger partial charge is 0.354 e. The molecule has 4 aliphatic carbocycles. The predicted molar refractivity (Wildman–Crippen MR) is 94.6 cm³/mol. The topological polar surface area (TPSA) is 61.4 Å². The molecule has 0 heterocycles. The van der Waals surface area contributed by atoms with Gasteiger partial charge in [0.2, 0.25) is 5.91 Å². The maximum atomic E-state index is 12.4. The van der Waals surface area contributed by atoms with Crippen molar-refractivity contribution in [2.45, 2.75) is 58.8 Å². The standard InChI is InChI=1S/C19H33N3O2/c1-3-22(4-2)18(24)21-6-5-20-17(23)13-19-10-14-7-15(11-19)9-16(8-14)12-19/h14-16H,3-13H2,1-2H3,(H,20,23)(H,21,24). The average molecular weight is 335 g/mol. The molecule has 136 valence electrons. The van der Waals surface area contributed by atoms with Crippen molar-refractivity contribution in [1.82, 2.24) is 15.5 Å². The maximum Gasteiger partial charge on any atom is 0.317 e. The molecule has 0 unspecified atom stereocenters. The zero-order valence-electron chi connectivity index (χ0n) is 15.3. The summed E-state index contributed by atoms with van der Waals surface area (Å²) in [5, 5.41) is 5.89. The molecule has 4 rings (SSSR count). The van der Waals surface area contributed by atoms with Crippen LogP contribution in [0.4, 0.5) is 4.79 Å². The molecule has 0 atom stereocenters. The number of carbonyl (C=O) groups is 2. The Morgan fingerprint density at radius 3 is 1.92 bits per heavy atom. The molecule has 24 heavy (non-hydrogen) atoms. The zero-order chi connectivity index (χ0) is 17.2. The minimum absolute atomic E-state index is 0.0460. The Bertz CT molecular complexity index is 438. The van der Waals surface area contributed by atoms with Gasteiger partial charge in [0.1, 0.15) is 0 Å². The second kappa shape index (κ2) is 7.32. The first-order chi connectivity index (χ1) is 11.5. The van der Waals surface area contributed by atoms with Gasteiger partial charge in [-0.15, -0.1) is 0 Å². The monoisotopic (exact) mass is 335 g/mol. The summed E-state index contributed by atoms with van der Waals surface area (Å²) in [7, 11) is 0. The number of amides is 3. The smallest absolute Gasteiger partial charge is 0.317 e. The fourth-order valence-electron chi connectivity index (χ4n) is 5.90. The van der Waals surface area contributed by atoms with E-state index in [2.05, 4.69) is 10.6 Å². The van der Waals surface area contributed by atoms with Crippen LogP contribution in [-0.4, -0.2) is 43.0 Å². The van der Waals surface area contributed by atoms with Gasteiger partial charge in [-0.25, -0.2) is 4.79 Å². The highest BCUT2D eigenvalue weighted by atomic mass is 16.2. The molecule has 0 radical (unpaired) electrons. The van der Waals surface area contributed by atoms with E-state index in [1.165, 1.54) is 38.5 Å². The third-order valence-electron chi connectivity index (χ3n) is 6.47. The highest BCUT2D eigenvalue weighted by Gasteiger charge is 2.51. The fourth-order valence-corrected chi connectivity index (χ4v) is 5.90. The molecular formula is C19H33N3O2. The minimum atomic E-state index is -0.0460. The molecule has 0 aromatic rings. The van der Waals surface area contributed by atoms with Crippen molar-refractivity contribution in [3.8, 4) is 0 Å². The number of hydrogen-bond donors (Lipinski definition) is 2. The first-order valence-electron chi connectivity index (χ1n) is 9.83. The van der Waals surface area contributed by atoms with Gasteiger partial charge in [-0.2, -0.15) is 0 Å². The van der Waals surface area contributed by atoms with Crippen LogP contribution in [0, 0.1) is 23.2 Å². The first-order valence-corrected chi connectivity index (χ1v) is 9.83. The third-order valence-corrected chi connectivity index (χ3v) is 6.47. The van der Waals surface area contributed by atoms with Gasteiger partial charge in [-0.3, -0.25) is 4.79 Å². The Kier molecular flexibility index (Phi) is 5.36. The summed E-state index contributed by atoms with van der Waals surface area (Å²) < 4.78 is 0. The normalized spacial score (nSPS) is 33.3. The van der Waals surface area contributed by atoms with E-state index in [0.717, 1.165) is 17.8 Å². The van der Waals surface area contributed by atoms with Gasteiger partial charge in [0.05, 0.1) is 0 Å². The van der Waals surface area contributed by atoms with Crippen molar-refractivity contribution in [2.24, 2.45) is 23.2 Å². The van der Waals surface area contributed by atoms with Crippen LogP contribution >= 0.6 is 0 Å². The van der Waals surface area contributed by atoms with E-state index < -0.39 is 0 Å². The summed E-state index contributed by atoms with van der Waals surface area (Å²) in [6, 6.07) is -0.0460. The summed E-state index contributed by atoms with van der Waals surface area (Å²) in [5.41, 5.74) is 0.295. The van der Waals surface area contributed by atoms with Crippen LogP contribution in [0.1, 0.15) is 58.8 Å². The van der Waals surface area contributed by atoms with Crippen LogP contribution in [-0.2, 0) is 4.79 Å². The Balaban J connectivity index is 1.38. The molecule has 4 saturated carbocycles. The fraction of sp³-hybridized carbons (Fsp3) is 0.895. The van der Waals surface area contributed by atoms with Gasteiger partial charge in [-0.05, 0) is 75.5 Å². The van der Waals surface area contributed by atoms with E-state index in [4.69, 9.17) is 0 Å². The number of urea groups is 1. The number of nitrogens with one attached hydrogen (secondary N) is 2. The molecule has 0 spiro atoms. The van der Waals surface area contributed by atoms with Crippen molar-refractivity contribution in [3.05, 3.63) is 0 Å². The van der Waals surface area contributed by atoms with Crippen LogP contribution in [0.15, 0.2) is 0 Å². The Morgan fingerprint density at radius 2 is 1.42 bits per heavy atom. The lowest BCUT2D eigenvalue weighted by Crippen LogP contribution is -2.48. The van der Waals surface area contributed by atoms with E-state index >= 15 is 0 Å². The molecule has 4 aliphatic rings. The van der Waals surface area contributed by atoms with E-state index in [1.54, 1.807) is 4.90 Å². The van der Waals surface area contributed by atoms with Crippen molar-refractivity contribution in [1.29, 1.82) is 0 Å². The van der Waals surface area contributed by atoms with Crippen molar-refractivity contribution in [2.75, 3.05) is 26.2 Å². The lowest BCUT2D eigenvalue weighted by molar-refractivity contribution is -0.129. The quantitative estimate of drug-likeness (QED) is 0.703. The number of hydrogen-bond acceptors (Lipinski definition) is 2. The van der Waals surface area contributed by atoms with Crippen molar-refractivity contribution < 1.29 is 9.59 Å². The van der Waals surface area contributed by atoms with E-state index in [-0.39, 0.29) is 11.9 Å². The Labute approximate surface area is 145 Å². The molecule has 5 nitrogen and oxygen atoms in total.